The molecule has 0 bridgehead atoms. The molecule has 1 aliphatic heterocycles. The molecule has 1 aliphatic rings. The van der Waals surface area contributed by atoms with Crippen molar-refractivity contribution in [3.8, 4) is 5.75 Å². The molecule has 44 heavy (non-hydrogen) atoms. The van der Waals surface area contributed by atoms with Crippen molar-refractivity contribution < 1.29 is 51.6 Å². The Morgan fingerprint density at radius 2 is 1.50 bits per heavy atom. The molecule has 0 aliphatic carbocycles. The first-order chi connectivity index (χ1) is 20.4. The van der Waals surface area contributed by atoms with Gasteiger partial charge in [0.1, 0.15) is 5.75 Å². The van der Waals surface area contributed by atoms with Crippen molar-refractivity contribution in [2.24, 2.45) is 0 Å². The number of aliphatic hydroxyl groups is 1. The molecule has 3 amide bonds. The van der Waals surface area contributed by atoms with Gasteiger partial charge in [-0.05, 0) is 52.4 Å². The van der Waals surface area contributed by atoms with Crippen molar-refractivity contribution in [2.75, 3.05) is 11.9 Å². The summed E-state index contributed by atoms with van der Waals surface area (Å²) in [5, 5.41) is 25.6. The van der Waals surface area contributed by atoms with Crippen LogP contribution in [0.15, 0.2) is 66.7 Å². The highest BCUT2D eigenvalue weighted by molar-refractivity contribution is 5.94. The molecule has 234 valence electrons. The third-order valence-electron chi connectivity index (χ3n) is 6.66. The van der Waals surface area contributed by atoms with Gasteiger partial charge >= 0.3 is 24.4 Å². The molecule has 2 atom stereocenters. The largest absolute Gasteiger partial charge is 0.540 e. The second kappa shape index (κ2) is 12.1. The lowest BCUT2D eigenvalue weighted by molar-refractivity contribution is -0.461. The molecule has 3 aromatic carbocycles. The number of rotatable bonds is 8. The van der Waals surface area contributed by atoms with Crippen LogP contribution in [0.25, 0.3) is 0 Å². The van der Waals surface area contributed by atoms with Crippen LogP contribution in [0.2, 0.25) is 0 Å². The van der Waals surface area contributed by atoms with E-state index in [2.05, 4.69) is 25.4 Å². The van der Waals surface area contributed by atoms with Gasteiger partial charge in [0.25, 0.3) is 5.91 Å². The maximum absolute atomic E-state index is 14.2. The number of ether oxygens (including phenoxy) is 2. The van der Waals surface area contributed by atoms with Gasteiger partial charge in [-0.2, -0.15) is 8.78 Å². The monoisotopic (exact) mass is 619 g/mol. The van der Waals surface area contributed by atoms with E-state index in [0.29, 0.717) is 11.1 Å². The van der Waals surface area contributed by atoms with Crippen molar-refractivity contribution >= 4 is 23.6 Å². The summed E-state index contributed by atoms with van der Waals surface area (Å²) >= 11 is 0. The second-order valence-corrected chi connectivity index (χ2v) is 11.0. The molecule has 1 heterocycles. The Hall–Kier alpha value is -4.69. The van der Waals surface area contributed by atoms with Crippen LogP contribution in [-0.2, 0) is 21.1 Å². The molecule has 5 N–H and O–H groups in total. The molecule has 0 saturated carbocycles. The molecule has 0 radical (unpaired) electrons. The molecular formula is C30H29F4N3O7. The number of carboxylic acid groups (broad SMARTS) is 1. The molecule has 4 rings (SSSR count). The van der Waals surface area contributed by atoms with Crippen molar-refractivity contribution in [3.63, 3.8) is 0 Å². The highest BCUT2D eigenvalue weighted by Gasteiger charge is 2.54. The van der Waals surface area contributed by atoms with E-state index in [1.54, 1.807) is 24.3 Å². The van der Waals surface area contributed by atoms with Gasteiger partial charge in [-0.15, -0.1) is 8.78 Å². The SMILES string of the molecule is CC(C)(C)c1ccc(C(NC(=O)Nc2ccc3c(c2)C(F)(F)OC(F)(F)O3)c2ccc(C(=O)NC[C@@H](O)C(=O)O)cc2)cc1. The highest BCUT2D eigenvalue weighted by atomic mass is 19.3. The number of alkyl halides is 4. The van der Waals surface area contributed by atoms with E-state index < -0.39 is 60.3 Å². The summed E-state index contributed by atoms with van der Waals surface area (Å²) in [5.74, 6) is -2.93. The number of halogens is 4. The molecule has 14 heteroatoms. The summed E-state index contributed by atoms with van der Waals surface area (Å²) in [6, 6.07) is 14.5. The summed E-state index contributed by atoms with van der Waals surface area (Å²) in [4.78, 5) is 36.3. The van der Waals surface area contributed by atoms with Gasteiger partial charge in [-0.25, -0.2) is 14.3 Å². The van der Waals surface area contributed by atoms with Gasteiger partial charge in [0.2, 0.25) is 0 Å². The maximum atomic E-state index is 14.2. The first-order valence-electron chi connectivity index (χ1n) is 13.2. The lowest BCUT2D eigenvalue weighted by atomic mass is 9.85. The van der Waals surface area contributed by atoms with E-state index >= 15 is 0 Å². The molecule has 0 saturated heterocycles. The van der Waals surface area contributed by atoms with E-state index in [-0.39, 0.29) is 16.7 Å². The van der Waals surface area contributed by atoms with Crippen molar-refractivity contribution in [2.45, 2.75) is 50.7 Å². The van der Waals surface area contributed by atoms with E-state index in [0.717, 1.165) is 23.8 Å². The lowest BCUT2D eigenvalue weighted by Crippen LogP contribution is -2.41. The summed E-state index contributed by atoms with van der Waals surface area (Å²) in [6.07, 6.45) is -10.7. The zero-order valence-corrected chi connectivity index (χ0v) is 23.7. The molecule has 1 unspecified atom stereocenters. The maximum Gasteiger partial charge on any atom is 0.540 e. The Bertz CT molecular complexity index is 1540. The summed E-state index contributed by atoms with van der Waals surface area (Å²) < 4.78 is 62.7. The van der Waals surface area contributed by atoms with Gasteiger partial charge in [0.05, 0.1) is 18.2 Å². The number of carbonyl (C=O) groups is 3. The number of hydrogen-bond acceptors (Lipinski definition) is 6. The average Bonchev–Trinajstić information content (AvgIpc) is 2.93. The van der Waals surface area contributed by atoms with Crippen molar-refractivity contribution in [1.82, 2.24) is 10.6 Å². The number of carboxylic acids is 1. The average molecular weight is 620 g/mol. The predicted molar refractivity (Wildman–Crippen MR) is 149 cm³/mol. The van der Waals surface area contributed by atoms with Gasteiger partial charge in [0.15, 0.2) is 6.10 Å². The normalized spacial score (nSPS) is 16.5. The van der Waals surface area contributed by atoms with Crippen LogP contribution in [0.4, 0.5) is 28.0 Å². The summed E-state index contributed by atoms with van der Waals surface area (Å²) in [6.45, 7) is 5.59. The Labute approximate surface area is 249 Å². The minimum absolute atomic E-state index is 0.155. The lowest BCUT2D eigenvalue weighted by Gasteiger charge is -2.30. The Morgan fingerprint density at radius 3 is 2.07 bits per heavy atom. The predicted octanol–water partition coefficient (Wildman–Crippen LogP) is 5.08. The number of fused-ring (bicyclic) bond motifs is 1. The quantitative estimate of drug-likeness (QED) is 0.221. The number of amides is 3. The number of nitrogens with one attached hydrogen (secondary N) is 3. The zero-order valence-electron chi connectivity index (χ0n) is 23.7. The zero-order chi connectivity index (χ0) is 32.4. The Kier molecular flexibility index (Phi) is 8.88. The standard InChI is InChI=1S/C30H29F4N3O7/c1-28(2,3)19-10-8-17(9-11-19)24(16-4-6-18(7-5-16)25(39)35-15-22(38)26(40)41)37-27(42)36-20-12-13-23-21(14-20)29(31,32)44-30(33,34)43-23/h4-14,22,24,38H,15H2,1-3H3,(H,35,39)(H,40,41)(H2,36,37,42)/t22-,24?/m1/s1. The van der Waals surface area contributed by atoms with E-state index in [1.807, 2.05) is 32.9 Å². The minimum Gasteiger partial charge on any atom is -0.479 e. The molecule has 0 spiro atoms. The smallest absolute Gasteiger partial charge is 0.479 e. The van der Waals surface area contributed by atoms with E-state index in [1.165, 1.54) is 12.1 Å². The van der Waals surface area contributed by atoms with Crippen LogP contribution >= 0.6 is 0 Å². The summed E-state index contributed by atoms with van der Waals surface area (Å²) in [5.41, 5.74) is 1.01. The molecule has 3 aromatic rings. The Balaban J connectivity index is 1.57. The van der Waals surface area contributed by atoms with E-state index in [4.69, 9.17) is 5.11 Å². The van der Waals surface area contributed by atoms with Crippen LogP contribution in [0.3, 0.4) is 0 Å². The van der Waals surface area contributed by atoms with Crippen LogP contribution in [0.5, 0.6) is 5.75 Å². The molecule has 0 fully saturated rings. The van der Waals surface area contributed by atoms with Crippen LogP contribution < -0.4 is 20.7 Å². The highest BCUT2D eigenvalue weighted by Crippen LogP contribution is 2.47. The Morgan fingerprint density at radius 1 is 0.909 bits per heavy atom. The number of anilines is 1. The fourth-order valence-electron chi connectivity index (χ4n) is 4.32. The minimum atomic E-state index is -4.53. The fraction of sp³-hybridized carbons (Fsp3) is 0.300. The van der Waals surface area contributed by atoms with Crippen LogP contribution in [0.1, 0.15) is 59.4 Å². The number of urea groups is 1. The number of aliphatic carboxylic acids is 1. The number of aliphatic hydroxyl groups excluding tert-OH is 1. The fourth-order valence-corrected chi connectivity index (χ4v) is 4.32. The van der Waals surface area contributed by atoms with Gasteiger partial charge < -0.3 is 30.9 Å². The van der Waals surface area contributed by atoms with Crippen molar-refractivity contribution in [3.05, 3.63) is 94.5 Å². The molecular weight excluding hydrogens is 590 g/mol. The van der Waals surface area contributed by atoms with Gasteiger partial charge in [-0.1, -0.05) is 57.2 Å². The first kappa shape index (κ1) is 32.2. The summed E-state index contributed by atoms with van der Waals surface area (Å²) in [7, 11) is 0. The van der Waals surface area contributed by atoms with Gasteiger partial charge in [-0.3, -0.25) is 4.79 Å². The van der Waals surface area contributed by atoms with Crippen LogP contribution in [0, 0.1) is 0 Å². The van der Waals surface area contributed by atoms with Crippen LogP contribution in [-0.4, -0.2) is 47.1 Å². The van der Waals surface area contributed by atoms with Crippen molar-refractivity contribution in [1.29, 1.82) is 0 Å². The number of benzene rings is 3. The third kappa shape index (κ3) is 7.63. The molecule has 0 aromatic heterocycles. The van der Waals surface area contributed by atoms with Gasteiger partial charge in [0, 0.05) is 11.3 Å². The topological polar surface area (TPSA) is 146 Å². The van der Waals surface area contributed by atoms with E-state index in [9.17, 15) is 37.1 Å². The number of carbonyl (C=O) groups excluding carboxylic acids is 2. The first-order valence-corrected chi connectivity index (χ1v) is 13.2. The molecule has 10 nitrogen and oxygen atoms in total. The second-order valence-electron chi connectivity index (χ2n) is 11.0. The number of hydrogen-bond donors (Lipinski definition) is 5. The third-order valence-corrected chi connectivity index (χ3v) is 6.66.